The molecule has 7 heteroatoms. The smallest absolute Gasteiger partial charge is 0.265 e. The van der Waals surface area contributed by atoms with Crippen molar-refractivity contribution in [3.8, 4) is 5.75 Å². The number of ether oxygens (including phenoxy) is 1. The number of rotatable bonds is 2. The maximum absolute atomic E-state index is 13.7. The van der Waals surface area contributed by atoms with Crippen LogP contribution in [0, 0.1) is 5.82 Å². The highest BCUT2D eigenvalue weighted by molar-refractivity contribution is 8.02. The summed E-state index contributed by atoms with van der Waals surface area (Å²) in [6, 6.07) is 10.9. The number of anilines is 1. The van der Waals surface area contributed by atoms with Crippen LogP contribution in [0.15, 0.2) is 42.5 Å². The Balaban J connectivity index is 1.88. The van der Waals surface area contributed by atoms with Crippen molar-refractivity contribution in [3.63, 3.8) is 0 Å². The van der Waals surface area contributed by atoms with Gasteiger partial charge in [-0.05, 0) is 50.2 Å². The summed E-state index contributed by atoms with van der Waals surface area (Å²) in [6.07, 6.45) is 0. The van der Waals surface area contributed by atoms with Gasteiger partial charge in [-0.2, -0.15) is 0 Å². The van der Waals surface area contributed by atoms with Gasteiger partial charge in [0.25, 0.3) is 11.8 Å². The van der Waals surface area contributed by atoms with Crippen LogP contribution in [-0.2, 0) is 9.67 Å². The third-order valence-corrected chi connectivity index (χ3v) is 6.41. The fourth-order valence-electron chi connectivity index (χ4n) is 3.71. The van der Waals surface area contributed by atoms with Crippen LogP contribution in [0.4, 0.5) is 10.1 Å². The van der Waals surface area contributed by atoms with E-state index in [-0.39, 0.29) is 22.1 Å². The topological polar surface area (TPSA) is 58.6 Å². The molecule has 1 fully saturated rings. The van der Waals surface area contributed by atoms with Gasteiger partial charge in [0, 0.05) is 28.1 Å². The van der Waals surface area contributed by atoms with E-state index in [1.807, 2.05) is 13.8 Å². The summed E-state index contributed by atoms with van der Waals surface area (Å²) in [4.78, 5) is 26.7. The van der Waals surface area contributed by atoms with Gasteiger partial charge in [0.05, 0.1) is 7.11 Å². The van der Waals surface area contributed by atoms with E-state index >= 15 is 0 Å². The fourth-order valence-corrected chi connectivity index (χ4v) is 5.38. The summed E-state index contributed by atoms with van der Waals surface area (Å²) in [5, 5.41) is 2.88. The molecule has 2 heterocycles. The molecule has 140 valence electrons. The Bertz CT molecular complexity index is 962. The van der Waals surface area contributed by atoms with Gasteiger partial charge in [-0.25, -0.2) is 4.39 Å². The van der Waals surface area contributed by atoms with Crippen LogP contribution in [0.3, 0.4) is 0 Å². The predicted octanol–water partition coefficient (Wildman–Crippen LogP) is 3.61. The zero-order chi connectivity index (χ0) is 19.4. The van der Waals surface area contributed by atoms with Crippen LogP contribution in [-0.4, -0.2) is 35.1 Å². The molecule has 1 N–H and O–H groups in total. The minimum atomic E-state index is -1.21. The quantitative estimate of drug-likeness (QED) is 0.857. The molecule has 2 aromatic carbocycles. The van der Waals surface area contributed by atoms with E-state index < -0.39 is 10.7 Å². The van der Waals surface area contributed by atoms with Crippen molar-refractivity contribution >= 4 is 29.3 Å². The van der Waals surface area contributed by atoms with E-state index in [1.165, 1.54) is 30.0 Å². The van der Waals surface area contributed by atoms with E-state index in [1.54, 1.807) is 36.3 Å². The maximum atomic E-state index is 13.7. The summed E-state index contributed by atoms with van der Waals surface area (Å²) in [5.74, 6) is -0.531. The van der Waals surface area contributed by atoms with Gasteiger partial charge in [0.2, 0.25) is 0 Å². The molecule has 4 rings (SSSR count). The summed E-state index contributed by atoms with van der Waals surface area (Å²) in [6.45, 7) is 4.34. The average molecular weight is 386 g/mol. The number of carbonyl (C=O) groups is 2. The van der Waals surface area contributed by atoms with Gasteiger partial charge in [0.15, 0.2) is 4.87 Å². The minimum absolute atomic E-state index is 0.219. The summed E-state index contributed by atoms with van der Waals surface area (Å²) in [7, 11) is 1.56. The summed E-state index contributed by atoms with van der Waals surface area (Å²) < 4.78 is 18.6. The van der Waals surface area contributed by atoms with Crippen molar-refractivity contribution in [1.82, 2.24) is 4.90 Å². The monoisotopic (exact) mass is 386 g/mol. The Hall–Kier alpha value is -2.54. The van der Waals surface area contributed by atoms with Crippen LogP contribution >= 0.6 is 11.8 Å². The van der Waals surface area contributed by atoms with E-state index in [0.717, 1.165) is 0 Å². The van der Waals surface area contributed by atoms with Crippen molar-refractivity contribution in [3.05, 3.63) is 59.4 Å². The largest absolute Gasteiger partial charge is 0.497 e. The average Bonchev–Trinajstić information content (AvgIpc) is 3.08. The first-order chi connectivity index (χ1) is 12.8. The van der Waals surface area contributed by atoms with Gasteiger partial charge in [0.1, 0.15) is 11.6 Å². The number of benzene rings is 2. The lowest BCUT2D eigenvalue weighted by atomic mass is 10.0. The molecule has 2 aromatic rings. The molecule has 27 heavy (non-hydrogen) atoms. The highest BCUT2D eigenvalue weighted by Crippen LogP contribution is 2.58. The van der Waals surface area contributed by atoms with Gasteiger partial charge >= 0.3 is 0 Å². The highest BCUT2D eigenvalue weighted by atomic mass is 32.2. The Morgan fingerprint density at radius 3 is 2.74 bits per heavy atom. The van der Waals surface area contributed by atoms with Gasteiger partial charge in [-0.15, -0.1) is 11.8 Å². The SMILES string of the molecule is COc1ccc2c(c1)[C@@]1(SC(C)(C)CN1C(=O)c1cccc(F)c1)C(=O)N2. The molecule has 1 spiro atoms. The Kier molecular flexibility index (Phi) is 3.96. The second kappa shape index (κ2) is 5.99. The molecule has 2 aliphatic heterocycles. The first-order valence-corrected chi connectivity index (χ1v) is 9.36. The molecule has 0 bridgehead atoms. The molecule has 0 aliphatic carbocycles. The third-order valence-electron chi connectivity index (χ3n) is 4.81. The number of fused-ring (bicyclic) bond motifs is 2. The maximum Gasteiger partial charge on any atom is 0.265 e. The first-order valence-electron chi connectivity index (χ1n) is 8.54. The number of methoxy groups -OCH3 is 1. The van der Waals surface area contributed by atoms with Crippen LogP contribution < -0.4 is 10.1 Å². The normalized spacial score (nSPS) is 22.7. The molecule has 1 atom stereocenters. The molecule has 0 radical (unpaired) electrons. The fraction of sp³-hybridized carbons (Fsp3) is 0.300. The van der Waals surface area contributed by atoms with E-state index in [4.69, 9.17) is 4.74 Å². The van der Waals surface area contributed by atoms with Gasteiger partial charge in [-0.1, -0.05) is 6.07 Å². The van der Waals surface area contributed by atoms with Crippen LogP contribution in [0.25, 0.3) is 0 Å². The van der Waals surface area contributed by atoms with Crippen molar-refractivity contribution in [2.45, 2.75) is 23.5 Å². The lowest BCUT2D eigenvalue weighted by molar-refractivity contribution is -0.121. The molecule has 1 saturated heterocycles. The summed E-state index contributed by atoms with van der Waals surface area (Å²) in [5.41, 5.74) is 1.56. The number of hydrogen-bond donors (Lipinski definition) is 1. The van der Waals surface area contributed by atoms with Crippen molar-refractivity contribution < 1.29 is 18.7 Å². The second-order valence-electron chi connectivity index (χ2n) is 7.27. The highest BCUT2D eigenvalue weighted by Gasteiger charge is 2.61. The molecule has 2 aliphatic rings. The zero-order valence-corrected chi connectivity index (χ0v) is 16.0. The number of nitrogens with zero attached hydrogens (tertiary/aromatic N) is 1. The number of amides is 2. The zero-order valence-electron chi connectivity index (χ0n) is 15.2. The molecule has 0 aromatic heterocycles. The second-order valence-corrected chi connectivity index (χ2v) is 9.17. The van der Waals surface area contributed by atoms with Gasteiger partial charge in [-0.3, -0.25) is 9.59 Å². The van der Waals surface area contributed by atoms with Crippen molar-refractivity contribution in [2.24, 2.45) is 0 Å². The van der Waals surface area contributed by atoms with E-state index in [9.17, 15) is 14.0 Å². The van der Waals surface area contributed by atoms with Crippen LogP contribution in [0.1, 0.15) is 29.8 Å². The Morgan fingerprint density at radius 2 is 2.04 bits per heavy atom. The number of halogens is 1. The number of carbonyl (C=O) groups excluding carboxylic acids is 2. The molecular weight excluding hydrogens is 367 g/mol. The van der Waals surface area contributed by atoms with Gasteiger partial charge < -0.3 is 15.0 Å². The predicted molar refractivity (Wildman–Crippen MR) is 102 cm³/mol. The number of nitrogens with one attached hydrogen (secondary N) is 1. The number of thioether (sulfide) groups is 1. The van der Waals surface area contributed by atoms with Crippen molar-refractivity contribution in [1.29, 1.82) is 0 Å². The first kappa shape index (κ1) is 17.9. The van der Waals surface area contributed by atoms with E-state index in [2.05, 4.69) is 5.32 Å². The molecule has 2 amide bonds. The molecule has 0 saturated carbocycles. The lowest BCUT2D eigenvalue weighted by Crippen LogP contribution is -2.48. The molecule has 0 unspecified atom stereocenters. The Labute approximate surface area is 160 Å². The molecular formula is C20H19FN2O3S. The number of hydrogen-bond acceptors (Lipinski definition) is 4. The van der Waals surface area contributed by atoms with Crippen LogP contribution in [0.5, 0.6) is 5.75 Å². The third kappa shape index (κ3) is 2.68. The lowest BCUT2D eigenvalue weighted by Gasteiger charge is -2.32. The van der Waals surface area contributed by atoms with Crippen LogP contribution in [0.2, 0.25) is 0 Å². The Morgan fingerprint density at radius 1 is 1.26 bits per heavy atom. The summed E-state index contributed by atoms with van der Waals surface area (Å²) >= 11 is 1.43. The molecule has 5 nitrogen and oxygen atoms in total. The van der Waals surface area contributed by atoms with Crippen molar-refractivity contribution in [2.75, 3.05) is 19.0 Å². The van der Waals surface area contributed by atoms with E-state index in [0.29, 0.717) is 23.5 Å². The standard InChI is InChI=1S/C20H19FN2O3S/c1-19(2)11-23(17(24)12-5-4-6-13(21)9-12)20(27-19)15-10-14(26-3)7-8-16(15)22-18(20)25/h4-10H,11H2,1-3H3,(H,22,25)/t20-/m1/s1. The minimum Gasteiger partial charge on any atom is -0.497 e.